The molecule has 0 saturated heterocycles. The van der Waals surface area contributed by atoms with Crippen molar-refractivity contribution in [3.8, 4) is 0 Å². The van der Waals surface area contributed by atoms with E-state index in [1.54, 1.807) is 0 Å². The summed E-state index contributed by atoms with van der Waals surface area (Å²) in [5.74, 6) is 0. The summed E-state index contributed by atoms with van der Waals surface area (Å²) in [5, 5.41) is 3.67. The molecule has 0 aromatic rings. The van der Waals surface area contributed by atoms with Crippen molar-refractivity contribution in [1.82, 2.24) is 5.32 Å². The van der Waals surface area contributed by atoms with E-state index in [9.17, 15) is 0 Å². The Morgan fingerprint density at radius 1 is 0.944 bits per heavy atom. The molecule has 0 heterocycles. The first kappa shape index (κ1) is 16.4. The zero-order valence-electron chi connectivity index (χ0n) is 12.6. The first-order chi connectivity index (χ1) is 8.83. The Bertz CT molecular complexity index is 184. The Morgan fingerprint density at radius 2 is 1.56 bits per heavy atom. The maximum absolute atomic E-state index is 3.67. The van der Waals surface area contributed by atoms with E-state index in [1.165, 1.54) is 83.7 Å². The average Bonchev–Trinajstić information content (AvgIpc) is 2.34. The highest BCUT2D eigenvalue weighted by Gasteiger charge is 2.35. The lowest BCUT2D eigenvalue weighted by molar-refractivity contribution is 0.345. The molecular formula is C16H33NS. The molecule has 108 valence electrons. The van der Waals surface area contributed by atoms with Gasteiger partial charge in [0.25, 0.3) is 0 Å². The van der Waals surface area contributed by atoms with Crippen LogP contribution < -0.4 is 5.32 Å². The highest BCUT2D eigenvalue weighted by Crippen LogP contribution is 2.42. The number of hydrogen-bond acceptors (Lipinski definition) is 2. The SMILES string of the molecule is CCCCCCCCCCNCC1(SC)CCC1. The van der Waals surface area contributed by atoms with E-state index in [0.717, 1.165) is 0 Å². The summed E-state index contributed by atoms with van der Waals surface area (Å²) < 4.78 is 0.611. The van der Waals surface area contributed by atoms with Crippen molar-refractivity contribution in [2.45, 2.75) is 82.3 Å². The molecule has 1 saturated carbocycles. The van der Waals surface area contributed by atoms with Crippen molar-refractivity contribution in [2.75, 3.05) is 19.3 Å². The largest absolute Gasteiger partial charge is 0.315 e. The molecule has 0 aromatic carbocycles. The van der Waals surface area contributed by atoms with E-state index >= 15 is 0 Å². The Balaban J connectivity index is 1.78. The highest BCUT2D eigenvalue weighted by atomic mass is 32.2. The summed E-state index contributed by atoms with van der Waals surface area (Å²) in [6.07, 6.45) is 18.0. The van der Waals surface area contributed by atoms with Gasteiger partial charge < -0.3 is 5.32 Å². The fraction of sp³-hybridized carbons (Fsp3) is 1.00. The van der Waals surface area contributed by atoms with E-state index in [2.05, 4.69) is 30.3 Å². The van der Waals surface area contributed by atoms with Crippen molar-refractivity contribution in [3.63, 3.8) is 0 Å². The molecule has 0 amide bonds. The van der Waals surface area contributed by atoms with Crippen LogP contribution in [0.4, 0.5) is 0 Å². The van der Waals surface area contributed by atoms with Gasteiger partial charge in [0.15, 0.2) is 0 Å². The number of unbranched alkanes of at least 4 members (excludes halogenated alkanes) is 7. The first-order valence-electron chi connectivity index (χ1n) is 8.09. The van der Waals surface area contributed by atoms with Crippen molar-refractivity contribution in [3.05, 3.63) is 0 Å². The van der Waals surface area contributed by atoms with Crippen LogP contribution in [0.25, 0.3) is 0 Å². The van der Waals surface area contributed by atoms with Crippen LogP contribution in [0.1, 0.15) is 77.6 Å². The fourth-order valence-corrected chi connectivity index (χ4v) is 3.67. The molecule has 0 atom stereocenters. The van der Waals surface area contributed by atoms with Crippen LogP contribution in [0, 0.1) is 0 Å². The molecule has 0 bridgehead atoms. The average molecular weight is 272 g/mol. The molecule has 0 spiro atoms. The molecule has 0 radical (unpaired) electrons. The number of hydrogen-bond donors (Lipinski definition) is 1. The molecule has 1 rings (SSSR count). The van der Waals surface area contributed by atoms with Gasteiger partial charge in [-0.15, -0.1) is 0 Å². The topological polar surface area (TPSA) is 12.0 Å². The summed E-state index contributed by atoms with van der Waals surface area (Å²) >= 11 is 2.08. The van der Waals surface area contributed by atoms with E-state index < -0.39 is 0 Å². The quantitative estimate of drug-likeness (QED) is 0.501. The van der Waals surface area contributed by atoms with E-state index in [1.807, 2.05) is 0 Å². The van der Waals surface area contributed by atoms with Crippen molar-refractivity contribution in [1.29, 1.82) is 0 Å². The number of nitrogens with one attached hydrogen (secondary N) is 1. The van der Waals surface area contributed by atoms with Crippen molar-refractivity contribution in [2.24, 2.45) is 0 Å². The second-order valence-corrected chi connectivity index (χ2v) is 7.17. The summed E-state index contributed by atoms with van der Waals surface area (Å²) in [7, 11) is 0. The van der Waals surface area contributed by atoms with Crippen LogP contribution in [0.5, 0.6) is 0 Å². The minimum absolute atomic E-state index is 0.611. The Hall–Kier alpha value is 0.310. The van der Waals surface area contributed by atoms with Gasteiger partial charge in [0.1, 0.15) is 0 Å². The van der Waals surface area contributed by atoms with E-state index in [-0.39, 0.29) is 0 Å². The summed E-state index contributed by atoms with van der Waals surface area (Å²) in [6, 6.07) is 0. The van der Waals surface area contributed by atoms with Crippen LogP contribution in [-0.2, 0) is 0 Å². The lowest BCUT2D eigenvalue weighted by Gasteiger charge is -2.40. The molecule has 0 aliphatic heterocycles. The van der Waals surface area contributed by atoms with Crippen molar-refractivity contribution >= 4 is 11.8 Å². The van der Waals surface area contributed by atoms with E-state index in [4.69, 9.17) is 0 Å². The Morgan fingerprint density at radius 3 is 2.06 bits per heavy atom. The minimum atomic E-state index is 0.611. The van der Waals surface area contributed by atoms with Gasteiger partial charge >= 0.3 is 0 Å². The van der Waals surface area contributed by atoms with Gasteiger partial charge in [0, 0.05) is 11.3 Å². The fourth-order valence-electron chi connectivity index (χ4n) is 2.72. The van der Waals surface area contributed by atoms with Gasteiger partial charge in [-0.05, 0) is 32.1 Å². The number of rotatable bonds is 12. The normalized spacial score (nSPS) is 17.7. The monoisotopic (exact) mass is 271 g/mol. The molecule has 0 unspecified atom stereocenters. The maximum atomic E-state index is 3.67. The van der Waals surface area contributed by atoms with Gasteiger partial charge in [0.05, 0.1) is 0 Å². The molecule has 18 heavy (non-hydrogen) atoms. The third-order valence-corrected chi connectivity index (χ3v) is 5.77. The zero-order valence-corrected chi connectivity index (χ0v) is 13.4. The molecule has 1 N–H and O–H groups in total. The smallest absolute Gasteiger partial charge is 0.0281 e. The second kappa shape index (κ2) is 10.1. The molecule has 1 aliphatic rings. The van der Waals surface area contributed by atoms with Gasteiger partial charge in [-0.2, -0.15) is 11.8 Å². The molecule has 1 aliphatic carbocycles. The first-order valence-corrected chi connectivity index (χ1v) is 9.31. The Kier molecular flexibility index (Phi) is 9.22. The van der Waals surface area contributed by atoms with Crippen LogP contribution in [0.2, 0.25) is 0 Å². The van der Waals surface area contributed by atoms with Crippen LogP contribution in [0.15, 0.2) is 0 Å². The third kappa shape index (κ3) is 6.47. The van der Waals surface area contributed by atoms with Gasteiger partial charge in [0.2, 0.25) is 0 Å². The van der Waals surface area contributed by atoms with Crippen molar-refractivity contribution < 1.29 is 0 Å². The van der Waals surface area contributed by atoms with Gasteiger partial charge in [-0.25, -0.2) is 0 Å². The molecule has 1 fully saturated rings. The molecule has 1 nitrogen and oxygen atoms in total. The summed E-state index contributed by atoms with van der Waals surface area (Å²) in [4.78, 5) is 0. The predicted octanol–water partition coefficient (Wildman–Crippen LogP) is 5.00. The Labute approximate surface area is 119 Å². The van der Waals surface area contributed by atoms with Gasteiger partial charge in [-0.1, -0.05) is 58.3 Å². The number of thioether (sulfide) groups is 1. The molecule has 2 heteroatoms. The lowest BCUT2D eigenvalue weighted by Crippen LogP contribution is -2.43. The lowest BCUT2D eigenvalue weighted by atomic mass is 9.84. The van der Waals surface area contributed by atoms with Crippen LogP contribution >= 0.6 is 11.8 Å². The molecule has 0 aromatic heterocycles. The van der Waals surface area contributed by atoms with Gasteiger partial charge in [-0.3, -0.25) is 0 Å². The standard InChI is InChI=1S/C16H33NS/c1-3-4-5-6-7-8-9-10-14-17-15-16(18-2)12-11-13-16/h17H,3-15H2,1-2H3. The minimum Gasteiger partial charge on any atom is -0.315 e. The van der Waals surface area contributed by atoms with E-state index in [0.29, 0.717) is 4.75 Å². The summed E-state index contributed by atoms with van der Waals surface area (Å²) in [5.41, 5.74) is 0. The van der Waals surface area contributed by atoms with Crippen LogP contribution in [0.3, 0.4) is 0 Å². The van der Waals surface area contributed by atoms with Crippen LogP contribution in [-0.4, -0.2) is 24.1 Å². The molecular weight excluding hydrogens is 238 g/mol. The third-order valence-electron chi connectivity index (χ3n) is 4.35. The zero-order chi connectivity index (χ0) is 13.1. The predicted molar refractivity (Wildman–Crippen MR) is 85.6 cm³/mol. The highest BCUT2D eigenvalue weighted by molar-refractivity contribution is 8.00. The maximum Gasteiger partial charge on any atom is 0.0281 e. The second-order valence-electron chi connectivity index (χ2n) is 5.89. The summed E-state index contributed by atoms with van der Waals surface area (Å²) in [6.45, 7) is 4.76.